The lowest BCUT2D eigenvalue weighted by Crippen LogP contribution is -2.46. The molecule has 0 spiro atoms. The van der Waals surface area contributed by atoms with Crippen molar-refractivity contribution >= 4 is 27.0 Å². The molecule has 1 N–H and O–H groups in total. The third-order valence-electron chi connectivity index (χ3n) is 5.57. The topological polar surface area (TPSA) is 103 Å². The van der Waals surface area contributed by atoms with E-state index >= 15 is 0 Å². The standard InChI is InChI=1S/C24H27NO6S/c1-13(2)21(25-32(28,29)18-9-7-14(3)8-10-18)24(27)30-20-12-11-19-15(4)16(5)23(26)31-22(19)17(20)6/h7-13,21,25H,1-6H3. The number of sulfonamides is 1. The lowest BCUT2D eigenvalue weighted by Gasteiger charge is -2.21. The fourth-order valence-corrected chi connectivity index (χ4v) is 4.65. The van der Waals surface area contributed by atoms with E-state index in [4.69, 9.17) is 9.15 Å². The first kappa shape index (κ1) is 23.7. The zero-order valence-electron chi connectivity index (χ0n) is 19.0. The summed E-state index contributed by atoms with van der Waals surface area (Å²) in [6.45, 7) is 10.5. The van der Waals surface area contributed by atoms with Crippen LogP contribution >= 0.6 is 0 Å². The summed E-state index contributed by atoms with van der Waals surface area (Å²) in [5.74, 6) is -0.912. The molecular formula is C24H27NO6S. The van der Waals surface area contributed by atoms with Crippen LogP contribution in [0.2, 0.25) is 0 Å². The van der Waals surface area contributed by atoms with E-state index in [9.17, 15) is 18.0 Å². The van der Waals surface area contributed by atoms with Crippen molar-refractivity contribution in [1.29, 1.82) is 0 Å². The van der Waals surface area contributed by atoms with Crippen LogP contribution in [0.1, 0.15) is 36.1 Å². The highest BCUT2D eigenvalue weighted by Crippen LogP contribution is 2.29. The molecule has 0 aliphatic carbocycles. The molecule has 0 radical (unpaired) electrons. The first-order valence-corrected chi connectivity index (χ1v) is 11.7. The summed E-state index contributed by atoms with van der Waals surface area (Å²) >= 11 is 0. The second-order valence-corrected chi connectivity index (χ2v) is 10.00. The number of nitrogens with one attached hydrogen (secondary N) is 1. The minimum atomic E-state index is -3.93. The van der Waals surface area contributed by atoms with Crippen molar-refractivity contribution in [2.24, 2.45) is 5.92 Å². The summed E-state index contributed by atoms with van der Waals surface area (Å²) < 4.78 is 39.0. The molecule has 3 rings (SSSR count). The second-order valence-electron chi connectivity index (χ2n) is 8.28. The maximum atomic E-state index is 13.0. The molecule has 0 saturated heterocycles. The highest BCUT2D eigenvalue weighted by Gasteiger charge is 2.30. The van der Waals surface area contributed by atoms with Gasteiger partial charge in [0.1, 0.15) is 17.4 Å². The Morgan fingerprint density at radius 3 is 2.16 bits per heavy atom. The normalized spacial score (nSPS) is 12.8. The van der Waals surface area contributed by atoms with Gasteiger partial charge in [0.05, 0.1) is 4.90 Å². The number of fused-ring (bicyclic) bond motifs is 1. The number of hydrogen-bond acceptors (Lipinski definition) is 6. The lowest BCUT2D eigenvalue weighted by molar-refractivity contribution is -0.137. The van der Waals surface area contributed by atoms with Crippen LogP contribution in [0.4, 0.5) is 0 Å². The zero-order chi connectivity index (χ0) is 23.8. The quantitative estimate of drug-likeness (QED) is 0.342. The molecule has 7 nitrogen and oxygen atoms in total. The van der Waals surface area contributed by atoms with E-state index in [2.05, 4.69) is 4.72 Å². The number of carbonyl (C=O) groups excluding carboxylic acids is 1. The van der Waals surface area contributed by atoms with E-state index in [0.717, 1.165) is 16.5 Å². The molecule has 170 valence electrons. The van der Waals surface area contributed by atoms with Gasteiger partial charge in [0.15, 0.2) is 0 Å². The molecule has 1 unspecified atom stereocenters. The van der Waals surface area contributed by atoms with Crippen LogP contribution < -0.4 is 15.1 Å². The van der Waals surface area contributed by atoms with Gasteiger partial charge in [0.25, 0.3) is 0 Å². The largest absolute Gasteiger partial charge is 0.425 e. The third kappa shape index (κ3) is 4.61. The average molecular weight is 458 g/mol. The summed E-state index contributed by atoms with van der Waals surface area (Å²) in [4.78, 5) is 25.1. The summed E-state index contributed by atoms with van der Waals surface area (Å²) in [5, 5.41) is 0.750. The van der Waals surface area contributed by atoms with Crippen LogP contribution in [0, 0.1) is 33.6 Å². The number of hydrogen-bond donors (Lipinski definition) is 1. The van der Waals surface area contributed by atoms with Gasteiger partial charge in [-0.05, 0) is 63.4 Å². The van der Waals surface area contributed by atoms with Crippen LogP contribution in [0.25, 0.3) is 11.0 Å². The number of benzene rings is 2. The Balaban J connectivity index is 1.92. The Kier molecular flexibility index (Phi) is 6.57. The van der Waals surface area contributed by atoms with Gasteiger partial charge in [-0.15, -0.1) is 0 Å². The summed E-state index contributed by atoms with van der Waals surface area (Å²) in [7, 11) is -3.93. The van der Waals surface area contributed by atoms with E-state index in [-0.39, 0.29) is 16.6 Å². The van der Waals surface area contributed by atoms with Gasteiger partial charge in [-0.25, -0.2) is 18.0 Å². The molecule has 0 amide bonds. The Hall–Kier alpha value is -2.97. The van der Waals surface area contributed by atoms with Gasteiger partial charge in [-0.2, -0.15) is 4.72 Å². The molecule has 0 aliphatic rings. The minimum Gasteiger partial charge on any atom is -0.425 e. The average Bonchev–Trinajstić information content (AvgIpc) is 2.73. The van der Waals surface area contributed by atoms with Crippen LogP contribution in [0.5, 0.6) is 5.75 Å². The molecule has 2 aromatic carbocycles. The predicted molar refractivity (Wildman–Crippen MR) is 122 cm³/mol. The molecule has 3 aromatic rings. The van der Waals surface area contributed by atoms with Crippen molar-refractivity contribution in [1.82, 2.24) is 4.72 Å². The fraction of sp³-hybridized carbons (Fsp3) is 0.333. The Bertz CT molecular complexity index is 1340. The van der Waals surface area contributed by atoms with Crippen molar-refractivity contribution in [3.05, 3.63) is 69.1 Å². The predicted octanol–water partition coefficient (Wildman–Crippen LogP) is 3.94. The van der Waals surface area contributed by atoms with Crippen molar-refractivity contribution in [2.45, 2.75) is 52.5 Å². The monoisotopic (exact) mass is 457 g/mol. The second kappa shape index (κ2) is 8.88. The first-order chi connectivity index (χ1) is 14.9. The number of ether oxygens (including phenoxy) is 1. The van der Waals surface area contributed by atoms with Gasteiger partial charge in [-0.3, -0.25) is 0 Å². The molecule has 32 heavy (non-hydrogen) atoms. The highest BCUT2D eigenvalue weighted by molar-refractivity contribution is 7.89. The molecule has 0 bridgehead atoms. The van der Waals surface area contributed by atoms with E-state index in [0.29, 0.717) is 16.7 Å². The molecule has 0 fully saturated rings. The van der Waals surface area contributed by atoms with Gasteiger partial charge < -0.3 is 9.15 Å². The first-order valence-electron chi connectivity index (χ1n) is 10.3. The van der Waals surface area contributed by atoms with Gasteiger partial charge in [-0.1, -0.05) is 31.5 Å². The summed E-state index contributed by atoms with van der Waals surface area (Å²) in [6.07, 6.45) is 0. The summed E-state index contributed by atoms with van der Waals surface area (Å²) in [5.41, 5.74) is 2.61. The van der Waals surface area contributed by atoms with Gasteiger partial charge in [0.2, 0.25) is 10.0 Å². The SMILES string of the molecule is Cc1ccc(S(=O)(=O)NC(C(=O)Oc2ccc3c(C)c(C)c(=O)oc3c2C)C(C)C)cc1. The van der Waals surface area contributed by atoms with Gasteiger partial charge in [0, 0.05) is 16.5 Å². The lowest BCUT2D eigenvalue weighted by atomic mass is 10.0. The van der Waals surface area contributed by atoms with Crippen LogP contribution in [-0.4, -0.2) is 20.4 Å². The molecule has 0 aliphatic heterocycles. The van der Waals surface area contributed by atoms with Crippen molar-refractivity contribution in [3.8, 4) is 5.75 Å². The van der Waals surface area contributed by atoms with Crippen LogP contribution in [0.3, 0.4) is 0 Å². The third-order valence-corrected chi connectivity index (χ3v) is 7.03. The van der Waals surface area contributed by atoms with Crippen molar-refractivity contribution < 1.29 is 22.4 Å². The van der Waals surface area contributed by atoms with E-state index in [1.54, 1.807) is 52.0 Å². The maximum Gasteiger partial charge on any atom is 0.339 e. The number of rotatable bonds is 6. The number of aryl methyl sites for hydroxylation is 3. The molecule has 8 heteroatoms. The molecule has 1 atom stereocenters. The fourth-order valence-electron chi connectivity index (χ4n) is 3.32. The van der Waals surface area contributed by atoms with Crippen LogP contribution in [-0.2, 0) is 14.8 Å². The van der Waals surface area contributed by atoms with E-state index in [1.807, 2.05) is 13.8 Å². The number of esters is 1. The maximum absolute atomic E-state index is 13.0. The highest BCUT2D eigenvalue weighted by atomic mass is 32.2. The molecule has 1 aromatic heterocycles. The number of carbonyl (C=O) groups is 1. The smallest absolute Gasteiger partial charge is 0.339 e. The zero-order valence-corrected chi connectivity index (χ0v) is 19.8. The van der Waals surface area contributed by atoms with Gasteiger partial charge >= 0.3 is 11.6 Å². The Morgan fingerprint density at radius 1 is 0.938 bits per heavy atom. The molecular weight excluding hydrogens is 430 g/mol. The minimum absolute atomic E-state index is 0.0658. The van der Waals surface area contributed by atoms with E-state index in [1.165, 1.54) is 12.1 Å². The Morgan fingerprint density at radius 2 is 1.56 bits per heavy atom. The summed E-state index contributed by atoms with van der Waals surface area (Å²) in [6, 6.07) is 8.58. The molecule has 1 heterocycles. The van der Waals surface area contributed by atoms with Crippen LogP contribution in [0.15, 0.2) is 50.5 Å². The van der Waals surface area contributed by atoms with E-state index < -0.39 is 27.7 Å². The Labute approximate surface area is 187 Å². The van der Waals surface area contributed by atoms with Crippen molar-refractivity contribution in [2.75, 3.05) is 0 Å². The molecule has 0 saturated carbocycles. The van der Waals surface area contributed by atoms with Crippen molar-refractivity contribution in [3.63, 3.8) is 0 Å².